The SMILES string of the molecule is CC1(C)CCC(C)(C)c2cc(N(c3ccc(-c4ccc(-c5cccc6ccccc56)cc4)cc3)c3ccc4c(c3)C3(c5ccccc5O4)C4CC5CC6CC3C64C5)ccc21. The molecule has 4 saturated carbocycles. The molecule has 6 aliphatic rings. The fourth-order valence-electron chi connectivity index (χ4n) is 14.5. The first-order chi connectivity index (χ1) is 29.1. The van der Waals surface area contributed by atoms with Crippen molar-refractivity contribution in [2.24, 2.45) is 29.1 Å². The van der Waals surface area contributed by atoms with Gasteiger partial charge in [0, 0.05) is 33.6 Å². The second-order valence-electron chi connectivity index (χ2n) is 20.8. The van der Waals surface area contributed by atoms with Gasteiger partial charge in [-0.2, -0.15) is 0 Å². The first kappa shape index (κ1) is 35.2. The van der Waals surface area contributed by atoms with Crippen LogP contribution in [-0.2, 0) is 16.2 Å². The van der Waals surface area contributed by atoms with E-state index in [9.17, 15) is 0 Å². The lowest BCUT2D eigenvalue weighted by Gasteiger charge is -2.77. The largest absolute Gasteiger partial charge is 0.457 e. The number of nitrogens with zero attached hydrogens (tertiary/aromatic N) is 1. The highest BCUT2D eigenvalue weighted by molar-refractivity contribution is 5.97. The van der Waals surface area contributed by atoms with E-state index >= 15 is 0 Å². The highest BCUT2D eigenvalue weighted by atomic mass is 16.5. The number of para-hydroxylation sites is 1. The number of benzene rings is 7. The maximum absolute atomic E-state index is 6.88. The summed E-state index contributed by atoms with van der Waals surface area (Å²) in [7, 11) is 0. The van der Waals surface area contributed by atoms with Crippen LogP contribution in [0.3, 0.4) is 0 Å². The third-order valence-electron chi connectivity index (χ3n) is 17.3. The molecule has 2 spiro atoms. The van der Waals surface area contributed by atoms with Crippen molar-refractivity contribution in [3.63, 3.8) is 0 Å². The lowest BCUT2D eigenvalue weighted by molar-refractivity contribution is -0.235. The fraction of sp³-hybridized carbons (Fsp3) is 0.310. The van der Waals surface area contributed by atoms with Gasteiger partial charge in [-0.05, 0) is 171 Å². The van der Waals surface area contributed by atoms with Gasteiger partial charge in [0.1, 0.15) is 11.5 Å². The first-order valence-corrected chi connectivity index (χ1v) is 22.7. The Balaban J connectivity index is 0.932. The lowest BCUT2D eigenvalue weighted by atomic mass is 9.26. The van der Waals surface area contributed by atoms with Crippen molar-refractivity contribution in [3.8, 4) is 33.8 Å². The van der Waals surface area contributed by atoms with Gasteiger partial charge in [0.15, 0.2) is 0 Å². The Morgan fingerprint density at radius 1 is 0.500 bits per heavy atom. The van der Waals surface area contributed by atoms with Crippen molar-refractivity contribution in [2.75, 3.05) is 4.90 Å². The highest BCUT2D eigenvalue weighted by Gasteiger charge is 2.84. The molecule has 0 amide bonds. The molecule has 296 valence electrons. The molecule has 5 aliphatic carbocycles. The molecule has 4 fully saturated rings. The number of ether oxygens (including phenoxy) is 1. The molecule has 1 heterocycles. The Labute approximate surface area is 355 Å². The van der Waals surface area contributed by atoms with Gasteiger partial charge >= 0.3 is 0 Å². The summed E-state index contributed by atoms with van der Waals surface area (Å²) in [6.45, 7) is 9.75. The second kappa shape index (κ2) is 12.0. The molecule has 2 bridgehead atoms. The molecule has 0 N–H and O–H groups in total. The van der Waals surface area contributed by atoms with Gasteiger partial charge < -0.3 is 9.64 Å². The van der Waals surface area contributed by atoms with E-state index in [1.54, 1.807) is 0 Å². The lowest BCUT2D eigenvalue weighted by Crippen LogP contribution is -2.74. The van der Waals surface area contributed by atoms with Crippen LogP contribution in [0.25, 0.3) is 33.0 Å². The van der Waals surface area contributed by atoms with Gasteiger partial charge in [0.2, 0.25) is 0 Å². The molecule has 6 unspecified atom stereocenters. The molecule has 2 nitrogen and oxygen atoms in total. The summed E-state index contributed by atoms with van der Waals surface area (Å²) in [5, 5.41) is 2.56. The van der Waals surface area contributed by atoms with Gasteiger partial charge in [-0.25, -0.2) is 0 Å². The highest BCUT2D eigenvalue weighted by Crippen LogP contribution is 2.89. The van der Waals surface area contributed by atoms with E-state index in [1.807, 2.05) is 0 Å². The molecule has 1 aliphatic heterocycles. The quantitative estimate of drug-likeness (QED) is 0.173. The van der Waals surface area contributed by atoms with E-state index in [4.69, 9.17) is 4.74 Å². The molecule has 0 radical (unpaired) electrons. The van der Waals surface area contributed by atoms with E-state index < -0.39 is 0 Å². The first-order valence-electron chi connectivity index (χ1n) is 22.7. The molecule has 6 atom stereocenters. The normalized spacial score (nSPS) is 27.8. The number of hydrogen-bond donors (Lipinski definition) is 0. The maximum atomic E-state index is 6.88. The summed E-state index contributed by atoms with van der Waals surface area (Å²) in [6.07, 6.45) is 8.06. The topological polar surface area (TPSA) is 12.5 Å². The molecule has 60 heavy (non-hydrogen) atoms. The van der Waals surface area contributed by atoms with Crippen molar-refractivity contribution in [1.29, 1.82) is 0 Å². The average Bonchev–Trinajstić information content (AvgIpc) is 3.81. The third kappa shape index (κ3) is 4.55. The number of rotatable bonds is 5. The van der Waals surface area contributed by atoms with Gasteiger partial charge in [0.25, 0.3) is 0 Å². The molecule has 0 saturated heterocycles. The van der Waals surface area contributed by atoms with Crippen LogP contribution in [0.2, 0.25) is 0 Å². The number of anilines is 3. The molecular formula is C58H53NO. The van der Waals surface area contributed by atoms with Crippen LogP contribution in [0.4, 0.5) is 17.1 Å². The van der Waals surface area contributed by atoms with Gasteiger partial charge in [-0.3, -0.25) is 0 Å². The third-order valence-corrected chi connectivity index (χ3v) is 17.3. The van der Waals surface area contributed by atoms with E-state index in [0.29, 0.717) is 17.3 Å². The Morgan fingerprint density at radius 3 is 1.92 bits per heavy atom. The summed E-state index contributed by atoms with van der Waals surface area (Å²) in [5.74, 6) is 5.39. The van der Waals surface area contributed by atoms with Crippen LogP contribution in [-0.4, -0.2) is 0 Å². The van der Waals surface area contributed by atoms with E-state index in [2.05, 4.69) is 184 Å². The second-order valence-corrected chi connectivity index (χ2v) is 20.8. The van der Waals surface area contributed by atoms with Crippen LogP contribution in [0.5, 0.6) is 11.5 Å². The van der Waals surface area contributed by atoms with Gasteiger partial charge in [0.05, 0.1) is 0 Å². The van der Waals surface area contributed by atoms with E-state index in [0.717, 1.165) is 23.3 Å². The van der Waals surface area contributed by atoms with Crippen LogP contribution >= 0.6 is 0 Å². The van der Waals surface area contributed by atoms with Gasteiger partial charge in [-0.15, -0.1) is 0 Å². The Kier molecular flexibility index (Phi) is 7.05. The van der Waals surface area contributed by atoms with Crippen LogP contribution in [0, 0.1) is 29.1 Å². The van der Waals surface area contributed by atoms with E-state index in [-0.39, 0.29) is 16.2 Å². The minimum absolute atomic E-state index is 0.0292. The van der Waals surface area contributed by atoms with Crippen molar-refractivity contribution >= 4 is 27.8 Å². The Morgan fingerprint density at radius 2 is 1.12 bits per heavy atom. The summed E-state index contributed by atoms with van der Waals surface area (Å²) in [5.41, 5.74) is 15.3. The summed E-state index contributed by atoms with van der Waals surface area (Å²) in [4.78, 5) is 2.54. The number of fused-ring (bicyclic) bond motifs is 9. The zero-order valence-corrected chi connectivity index (χ0v) is 35.3. The Hall–Kier alpha value is -5.60. The minimum atomic E-state index is 0.0292. The van der Waals surface area contributed by atoms with Crippen LogP contribution in [0.15, 0.2) is 152 Å². The van der Waals surface area contributed by atoms with Gasteiger partial charge in [-0.1, -0.05) is 131 Å². The molecule has 13 rings (SSSR count). The molecule has 2 heteroatoms. The smallest absolute Gasteiger partial charge is 0.131 e. The summed E-state index contributed by atoms with van der Waals surface area (Å²) in [6, 6.07) is 57.3. The summed E-state index contributed by atoms with van der Waals surface area (Å²) >= 11 is 0. The Bertz CT molecular complexity index is 2900. The van der Waals surface area contributed by atoms with Crippen molar-refractivity contribution in [2.45, 2.75) is 82.5 Å². The van der Waals surface area contributed by atoms with Crippen molar-refractivity contribution in [1.82, 2.24) is 0 Å². The fourth-order valence-corrected chi connectivity index (χ4v) is 14.5. The average molecular weight is 780 g/mol. The maximum Gasteiger partial charge on any atom is 0.131 e. The minimum Gasteiger partial charge on any atom is -0.457 e. The number of hydrogen-bond acceptors (Lipinski definition) is 2. The monoisotopic (exact) mass is 779 g/mol. The predicted octanol–water partition coefficient (Wildman–Crippen LogP) is 15.5. The van der Waals surface area contributed by atoms with E-state index in [1.165, 1.54) is 111 Å². The standard InChI is InChI=1S/C58H53NO/c1-55(2)28-29-56(3,4)49-33-43(24-26-47(49)55)59(42-22-20-38(21-23-42)37-16-18-40(19-17-37)46-13-9-11-39-10-5-6-12-45(39)46)44-25-27-52-50(34-44)58(48-14-7-8-15-51(48)60-52)53-31-36-30-41-32-54(58)57(41,53)35-36/h5-27,33-34,36,41,53-54H,28-32,35H2,1-4H3. The zero-order valence-electron chi connectivity index (χ0n) is 35.3. The van der Waals surface area contributed by atoms with Crippen molar-refractivity contribution < 1.29 is 4.74 Å². The van der Waals surface area contributed by atoms with Crippen LogP contribution in [0.1, 0.15) is 88.5 Å². The molecule has 7 aromatic carbocycles. The summed E-state index contributed by atoms with van der Waals surface area (Å²) < 4.78 is 6.88. The molecule has 0 aromatic heterocycles. The predicted molar refractivity (Wildman–Crippen MR) is 247 cm³/mol. The zero-order chi connectivity index (χ0) is 40.2. The van der Waals surface area contributed by atoms with Crippen molar-refractivity contribution in [3.05, 3.63) is 174 Å². The molecular weight excluding hydrogens is 727 g/mol. The molecule has 7 aromatic rings. The van der Waals surface area contributed by atoms with Crippen LogP contribution < -0.4 is 9.64 Å².